The van der Waals surface area contributed by atoms with Crippen molar-refractivity contribution >= 4 is 24.0 Å². The first-order valence-electron chi connectivity index (χ1n) is 9.78. The standard InChI is InChI=1S/C16H22N4O4.C4H10/c1-11-5-6-14(17-8-11)18-15(22)13-4-3-7-20(13)16(23)12(2)9-19(24)10-21;1-3-4-2/h5-6,8,10,12-13,24H,3-4,7,9H2,1-2H3,(H,17,18,22);3-4H2,1-2H3/t12-,13+;/m1./s1. The quantitative estimate of drug-likeness (QED) is 0.422. The lowest BCUT2D eigenvalue weighted by Gasteiger charge is -2.27. The molecule has 156 valence electrons. The van der Waals surface area contributed by atoms with Crippen molar-refractivity contribution in [1.29, 1.82) is 0 Å². The first-order valence-corrected chi connectivity index (χ1v) is 9.78. The average molecular weight is 393 g/mol. The second-order valence-electron chi connectivity index (χ2n) is 7.03. The van der Waals surface area contributed by atoms with Gasteiger partial charge in [-0.2, -0.15) is 0 Å². The average Bonchev–Trinajstić information content (AvgIpc) is 3.19. The summed E-state index contributed by atoms with van der Waals surface area (Å²) >= 11 is 0. The second kappa shape index (κ2) is 12.1. The van der Waals surface area contributed by atoms with E-state index in [1.165, 1.54) is 17.7 Å². The van der Waals surface area contributed by atoms with Gasteiger partial charge in [-0.15, -0.1) is 0 Å². The Morgan fingerprint density at radius 2 is 2.07 bits per heavy atom. The third-order valence-corrected chi connectivity index (χ3v) is 4.51. The summed E-state index contributed by atoms with van der Waals surface area (Å²) in [6.45, 7) is 8.26. The third kappa shape index (κ3) is 7.26. The van der Waals surface area contributed by atoms with Crippen LogP contribution in [0.3, 0.4) is 0 Å². The van der Waals surface area contributed by atoms with Crippen molar-refractivity contribution in [2.24, 2.45) is 5.92 Å². The maximum Gasteiger partial charge on any atom is 0.248 e. The summed E-state index contributed by atoms with van der Waals surface area (Å²) in [6, 6.07) is 2.99. The number of carbonyl (C=O) groups excluding carboxylic acids is 3. The van der Waals surface area contributed by atoms with Gasteiger partial charge in [0.25, 0.3) is 0 Å². The molecule has 1 aromatic rings. The molecule has 2 heterocycles. The van der Waals surface area contributed by atoms with E-state index < -0.39 is 12.0 Å². The number of aryl methyl sites for hydroxylation is 1. The van der Waals surface area contributed by atoms with Gasteiger partial charge in [-0.25, -0.2) is 10.0 Å². The van der Waals surface area contributed by atoms with Crippen molar-refractivity contribution in [3.8, 4) is 0 Å². The number of rotatable bonds is 7. The molecule has 1 aromatic heterocycles. The minimum Gasteiger partial charge on any atom is -0.330 e. The summed E-state index contributed by atoms with van der Waals surface area (Å²) in [7, 11) is 0. The van der Waals surface area contributed by atoms with E-state index >= 15 is 0 Å². The predicted molar refractivity (Wildman–Crippen MR) is 107 cm³/mol. The lowest BCUT2D eigenvalue weighted by Crippen LogP contribution is -2.47. The molecular weight excluding hydrogens is 360 g/mol. The summed E-state index contributed by atoms with van der Waals surface area (Å²) in [4.78, 5) is 41.0. The van der Waals surface area contributed by atoms with Crippen molar-refractivity contribution < 1.29 is 19.6 Å². The summed E-state index contributed by atoms with van der Waals surface area (Å²) in [5, 5.41) is 12.4. The van der Waals surface area contributed by atoms with E-state index in [4.69, 9.17) is 0 Å². The highest BCUT2D eigenvalue weighted by Crippen LogP contribution is 2.21. The van der Waals surface area contributed by atoms with Gasteiger partial charge in [0.15, 0.2) is 0 Å². The molecule has 3 amide bonds. The van der Waals surface area contributed by atoms with E-state index in [9.17, 15) is 19.6 Å². The highest BCUT2D eigenvalue weighted by molar-refractivity contribution is 5.97. The molecule has 2 atom stereocenters. The molecule has 28 heavy (non-hydrogen) atoms. The fraction of sp³-hybridized carbons (Fsp3) is 0.600. The van der Waals surface area contributed by atoms with E-state index in [1.807, 2.05) is 13.0 Å². The fourth-order valence-electron chi connectivity index (χ4n) is 2.74. The summed E-state index contributed by atoms with van der Waals surface area (Å²) in [5.74, 6) is -0.683. The molecule has 1 aliphatic heterocycles. The number of nitrogens with zero attached hydrogens (tertiary/aromatic N) is 3. The number of hydrogen-bond donors (Lipinski definition) is 2. The normalized spacial score (nSPS) is 16.6. The Kier molecular flexibility index (Phi) is 10.2. The number of carbonyl (C=O) groups is 3. The van der Waals surface area contributed by atoms with Crippen LogP contribution in [-0.2, 0) is 14.4 Å². The molecule has 8 nitrogen and oxygen atoms in total. The van der Waals surface area contributed by atoms with Crippen molar-refractivity contribution in [3.63, 3.8) is 0 Å². The van der Waals surface area contributed by atoms with Crippen LogP contribution in [0.1, 0.15) is 52.0 Å². The fourth-order valence-corrected chi connectivity index (χ4v) is 2.74. The zero-order chi connectivity index (χ0) is 21.1. The number of anilines is 1. The molecule has 8 heteroatoms. The monoisotopic (exact) mass is 392 g/mol. The topological polar surface area (TPSA) is 103 Å². The number of amides is 3. The molecule has 0 saturated carbocycles. The molecule has 0 aliphatic carbocycles. The van der Waals surface area contributed by atoms with Gasteiger partial charge >= 0.3 is 0 Å². The molecule has 1 saturated heterocycles. The van der Waals surface area contributed by atoms with E-state index in [1.54, 1.807) is 19.2 Å². The van der Waals surface area contributed by atoms with Crippen LogP contribution in [0, 0.1) is 12.8 Å². The molecule has 1 aliphatic rings. The molecule has 2 N–H and O–H groups in total. The van der Waals surface area contributed by atoms with Crippen LogP contribution < -0.4 is 5.32 Å². The smallest absolute Gasteiger partial charge is 0.248 e. The summed E-state index contributed by atoms with van der Waals surface area (Å²) in [6.07, 6.45) is 5.85. The maximum atomic E-state index is 12.5. The van der Waals surface area contributed by atoms with Gasteiger partial charge in [0.1, 0.15) is 11.9 Å². The second-order valence-corrected chi connectivity index (χ2v) is 7.03. The van der Waals surface area contributed by atoms with E-state index in [0.717, 1.165) is 12.0 Å². The lowest BCUT2D eigenvalue weighted by molar-refractivity contribution is -0.156. The van der Waals surface area contributed by atoms with E-state index in [-0.39, 0.29) is 24.8 Å². The largest absolute Gasteiger partial charge is 0.330 e. The Hall–Kier alpha value is -2.48. The highest BCUT2D eigenvalue weighted by atomic mass is 16.5. The molecule has 0 spiro atoms. The van der Waals surface area contributed by atoms with Gasteiger partial charge in [0, 0.05) is 12.7 Å². The number of likely N-dealkylation sites (tertiary alicyclic amines) is 1. The molecule has 2 rings (SSSR count). The number of pyridine rings is 1. The van der Waals surface area contributed by atoms with Crippen molar-refractivity contribution in [1.82, 2.24) is 14.9 Å². The first kappa shape index (κ1) is 23.6. The minimum atomic E-state index is -0.592. The van der Waals surface area contributed by atoms with Gasteiger partial charge in [-0.1, -0.05) is 39.7 Å². The van der Waals surface area contributed by atoms with Crippen LogP contribution >= 0.6 is 0 Å². The molecule has 0 bridgehead atoms. The van der Waals surface area contributed by atoms with Crippen LogP contribution in [-0.4, -0.2) is 57.5 Å². The van der Waals surface area contributed by atoms with Crippen molar-refractivity contribution in [2.45, 2.75) is 59.4 Å². The Morgan fingerprint density at radius 1 is 1.39 bits per heavy atom. The number of nitrogens with one attached hydrogen (secondary N) is 1. The Balaban J connectivity index is 0.000000892. The first-order chi connectivity index (χ1) is 13.3. The number of hydroxylamine groups is 2. The molecule has 0 radical (unpaired) electrons. The van der Waals surface area contributed by atoms with Crippen LogP contribution in [0.15, 0.2) is 18.3 Å². The lowest BCUT2D eigenvalue weighted by atomic mass is 10.1. The SMILES string of the molecule is CCCC.Cc1ccc(NC(=O)[C@@H]2CCCN2C(=O)[C@H](C)CN(O)C=O)nc1. The maximum absolute atomic E-state index is 12.5. The molecular formula is C20H32N4O4. The van der Waals surface area contributed by atoms with Gasteiger partial charge < -0.3 is 10.2 Å². The summed E-state index contributed by atoms with van der Waals surface area (Å²) in [5.41, 5.74) is 0.989. The number of hydrogen-bond acceptors (Lipinski definition) is 5. The molecule has 0 aromatic carbocycles. The van der Waals surface area contributed by atoms with Crippen LogP contribution in [0.25, 0.3) is 0 Å². The third-order valence-electron chi connectivity index (χ3n) is 4.51. The Labute approximate surface area is 166 Å². The number of unbranched alkanes of at least 4 members (excludes halogenated alkanes) is 1. The van der Waals surface area contributed by atoms with Crippen LogP contribution in [0.4, 0.5) is 5.82 Å². The van der Waals surface area contributed by atoms with E-state index in [2.05, 4.69) is 24.1 Å². The zero-order valence-corrected chi connectivity index (χ0v) is 17.2. The van der Waals surface area contributed by atoms with Gasteiger partial charge in [0.05, 0.1) is 12.5 Å². The minimum absolute atomic E-state index is 0.104. The van der Waals surface area contributed by atoms with Crippen molar-refractivity contribution in [2.75, 3.05) is 18.4 Å². The molecule has 1 fully saturated rings. The summed E-state index contributed by atoms with van der Waals surface area (Å²) < 4.78 is 0. The van der Waals surface area contributed by atoms with Crippen molar-refractivity contribution in [3.05, 3.63) is 23.9 Å². The molecule has 0 unspecified atom stereocenters. The Bertz CT molecular complexity index is 634. The van der Waals surface area contributed by atoms with Crippen LogP contribution in [0.5, 0.6) is 0 Å². The predicted octanol–water partition coefficient (Wildman–Crippen LogP) is 2.61. The zero-order valence-electron chi connectivity index (χ0n) is 17.2. The number of aromatic nitrogens is 1. The van der Waals surface area contributed by atoms with Gasteiger partial charge in [-0.05, 0) is 31.4 Å². The van der Waals surface area contributed by atoms with Crippen LogP contribution in [0.2, 0.25) is 0 Å². The van der Waals surface area contributed by atoms with Gasteiger partial charge in [0.2, 0.25) is 18.2 Å². The van der Waals surface area contributed by atoms with Gasteiger partial charge in [-0.3, -0.25) is 19.6 Å². The highest BCUT2D eigenvalue weighted by Gasteiger charge is 2.36. The Morgan fingerprint density at radius 3 is 2.61 bits per heavy atom. The van der Waals surface area contributed by atoms with E-state index in [0.29, 0.717) is 23.8 Å².